The van der Waals surface area contributed by atoms with Gasteiger partial charge in [0.15, 0.2) is 0 Å². The van der Waals surface area contributed by atoms with E-state index in [0.717, 1.165) is 0 Å². The summed E-state index contributed by atoms with van der Waals surface area (Å²) in [6.45, 7) is 0. The van der Waals surface area contributed by atoms with E-state index in [1.807, 2.05) is 21.1 Å². The lowest BCUT2D eigenvalue weighted by Gasteiger charge is -2.22. The Morgan fingerprint density at radius 2 is 1.70 bits per heavy atom. The van der Waals surface area contributed by atoms with Crippen molar-refractivity contribution in [2.45, 2.75) is 0 Å². The number of rotatable bonds is 2. The largest absolute Gasteiger partial charge is 0.366 e. The zero-order valence-corrected chi connectivity index (χ0v) is 6.59. The molecule has 4 heteroatoms. The van der Waals surface area contributed by atoms with E-state index in [0.29, 0.717) is 10.3 Å². The molecule has 0 saturated carbocycles. The highest BCUT2D eigenvalue weighted by Crippen LogP contribution is 1.98. The van der Waals surface area contributed by atoms with Crippen LogP contribution in [-0.2, 0) is 4.79 Å². The SMILES string of the molecule is C[N+](C)(C)C(N)=CC(N)=O. The van der Waals surface area contributed by atoms with Crippen LogP contribution in [0, 0.1) is 0 Å². The van der Waals surface area contributed by atoms with Crippen LogP contribution in [0.1, 0.15) is 0 Å². The minimum atomic E-state index is -0.509. The van der Waals surface area contributed by atoms with Gasteiger partial charge in [-0.05, 0) is 0 Å². The summed E-state index contributed by atoms with van der Waals surface area (Å²) < 4.78 is 0.420. The van der Waals surface area contributed by atoms with E-state index in [2.05, 4.69) is 0 Å². The number of carbonyl (C=O) groups excluding carboxylic acids is 1. The first-order chi connectivity index (χ1) is 4.34. The van der Waals surface area contributed by atoms with Crippen molar-refractivity contribution in [2.75, 3.05) is 21.1 Å². The highest BCUT2D eigenvalue weighted by molar-refractivity contribution is 5.85. The Bertz CT molecular complexity index is 166. The number of hydrogen-bond donors (Lipinski definition) is 2. The second kappa shape index (κ2) is 2.70. The molecule has 0 aliphatic carbocycles. The summed E-state index contributed by atoms with van der Waals surface area (Å²) in [5.74, 6) is -0.0574. The van der Waals surface area contributed by atoms with Crippen LogP contribution in [0.25, 0.3) is 0 Å². The van der Waals surface area contributed by atoms with Gasteiger partial charge in [-0.1, -0.05) is 0 Å². The first kappa shape index (κ1) is 8.97. The molecule has 0 aliphatic heterocycles. The van der Waals surface area contributed by atoms with Crippen molar-refractivity contribution in [1.82, 2.24) is 0 Å². The van der Waals surface area contributed by atoms with Gasteiger partial charge in [0.25, 0.3) is 0 Å². The lowest BCUT2D eigenvalue weighted by Crippen LogP contribution is -2.38. The maximum absolute atomic E-state index is 10.3. The molecule has 4 nitrogen and oxygen atoms in total. The highest BCUT2D eigenvalue weighted by atomic mass is 16.1. The fourth-order valence-electron chi connectivity index (χ4n) is 0.339. The van der Waals surface area contributed by atoms with Crippen molar-refractivity contribution in [3.8, 4) is 0 Å². The Labute approximate surface area is 60.7 Å². The molecule has 0 fully saturated rings. The number of amides is 1. The molecule has 0 spiro atoms. The molecule has 58 valence electrons. The van der Waals surface area contributed by atoms with Gasteiger partial charge in [-0.15, -0.1) is 0 Å². The summed E-state index contributed by atoms with van der Waals surface area (Å²) in [7, 11) is 5.57. The van der Waals surface area contributed by atoms with Gasteiger partial charge in [0, 0.05) is 0 Å². The molecule has 0 heterocycles. The predicted octanol–water partition coefficient (Wildman–Crippen LogP) is -1.02. The Kier molecular flexibility index (Phi) is 2.42. The number of carbonyl (C=O) groups is 1. The molecule has 0 atom stereocenters. The van der Waals surface area contributed by atoms with Crippen LogP contribution in [0.2, 0.25) is 0 Å². The maximum Gasteiger partial charge on any atom is 0.249 e. The van der Waals surface area contributed by atoms with Crippen LogP contribution in [0.3, 0.4) is 0 Å². The van der Waals surface area contributed by atoms with Gasteiger partial charge in [-0.25, -0.2) is 0 Å². The van der Waals surface area contributed by atoms with E-state index in [-0.39, 0.29) is 0 Å². The molecule has 0 bridgehead atoms. The third-order valence-electron chi connectivity index (χ3n) is 1.06. The van der Waals surface area contributed by atoms with Gasteiger partial charge in [-0.2, -0.15) is 0 Å². The predicted molar refractivity (Wildman–Crippen MR) is 39.5 cm³/mol. The monoisotopic (exact) mass is 144 g/mol. The molecule has 4 N–H and O–H groups in total. The molecule has 0 aromatic heterocycles. The van der Waals surface area contributed by atoms with Gasteiger partial charge < -0.3 is 11.5 Å². The normalized spacial score (nSPS) is 13.3. The summed E-state index contributed by atoms with van der Waals surface area (Å²) in [6, 6.07) is 0. The number of nitrogens with two attached hydrogens (primary N) is 2. The van der Waals surface area contributed by atoms with Gasteiger partial charge in [0.05, 0.1) is 27.2 Å². The Balaban J connectivity index is 4.35. The molecule has 0 aliphatic rings. The Morgan fingerprint density at radius 1 is 1.30 bits per heavy atom. The van der Waals surface area contributed by atoms with E-state index in [4.69, 9.17) is 11.5 Å². The number of hydrogen-bond acceptors (Lipinski definition) is 2. The van der Waals surface area contributed by atoms with E-state index in [9.17, 15) is 4.79 Å². The lowest BCUT2D eigenvalue weighted by atomic mass is 10.4. The number of primary amides is 1. The molecule has 0 saturated heterocycles. The standard InChI is InChI=1S/C6H13N3O/c1-9(2,3)5(7)4-6(8)10/h4H,1-3H3,(H3-,7,8,10)/p+1. The van der Waals surface area contributed by atoms with Crippen molar-refractivity contribution < 1.29 is 9.28 Å². The van der Waals surface area contributed by atoms with Gasteiger partial charge in [-0.3, -0.25) is 9.28 Å². The van der Waals surface area contributed by atoms with Crippen molar-refractivity contribution in [2.24, 2.45) is 11.5 Å². The molecule has 0 aromatic rings. The van der Waals surface area contributed by atoms with Crippen molar-refractivity contribution in [1.29, 1.82) is 0 Å². The smallest absolute Gasteiger partial charge is 0.249 e. The maximum atomic E-state index is 10.3. The molecule has 0 unspecified atom stereocenters. The minimum Gasteiger partial charge on any atom is -0.366 e. The molecule has 1 amide bonds. The Morgan fingerprint density at radius 3 is 1.80 bits per heavy atom. The summed E-state index contributed by atoms with van der Waals surface area (Å²) in [4.78, 5) is 10.3. The summed E-state index contributed by atoms with van der Waals surface area (Å²) in [5, 5.41) is 0. The van der Waals surface area contributed by atoms with E-state index in [1.165, 1.54) is 6.08 Å². The second-order valence-corrected chi connectivity index (χ2v) is 2.98. The molecule has 0 rings (SSSR count). The second-order valence-electron chi connectivity index (χ2n) is 2.98. The summed E-state index contributed by atoms with van der Waals surface area (Å²) in [5.41, 5.74) is 10.4. The van der Waals surface area contributed by atoms with Crippen molar-refractivity contribution in [3.05, 3.63) is 11.9 Å². The fraction of sp³-hybridized carbons (Fsp3) is 0.500. The fourth-order valence-corrected chi connectivity index (χ4v) is 0.339. The summed E-state index contributed by atoms with van der Waals surface area (Å²) >= 11 is 0. The van der Waals surface area contributed by atoms with E-state index in [1.54, 1.807) is 0 Å². The summed E-state index contributed by atoms with van der Waals surface area (Å²) in [6.07, 6.45) is 1.22. The van der Waals surface area contributed by atoms with Gasteiger partial charge in [0.1, 0.15) is 0 Å². The van der Waals surface area contributed by atoms with Gasteiger partial charge in [0.2, 0.25) is 11.7 Å². The average Bonchev–Trinajstić information content (AvgIpc) is 1.60. The molecule has 0 radical (unpaired) electrons. The van der Waals surface area contributed by atoms with Crippen LogP contribution in [0.4, 0.5) is 0 Å². The van der Waals surface area contributed by atoms with Crippen LogP contribution >= 0.6 is 0 Å². The van der Waals surface area contributed by atoms with E-state index < -0.39 is 5.91 Å². The Hall–Kier alpha value is -1.03. The first-order valence-electron chi connectivity index (χ1n) is 2.92. The van der Waals surface area contributed by atoms with Crippen molar-refractivity contribution >= 4 is 5.91 Å². The third-order valence-corrected chi connectivity index (χ3v) is 1.06. The molecular weight excluding hydrogens is 130 g/mol. The molecule has 10 heavy (non-hydrogen) atoms. The van der Waals surface area contributed by atoms with Gasteiger partial charge >= 0.3 is 0 Å². The topological polar surface area (TPSA) is 69.1 Å². The van der Waals surface area contributed by atoms with Crippen LogP contribution < -0.4 is 11.5 Å². The molecular formula is C6H14N3O+. The van der Waals surface area contributed by atoms with Crippen LogP contribution in [-0.4, -0.2) is 31.5 Å². The average molecular weight is 144 g/mol. The first-order valence-corrected chi connectivity index (χ1v) is 2.92. The number of quaternary nitrogens is 1. The zero-order valence-electron chi connectivity index (χ0n) is 6.59. The van der Waals surface area contributed by atoms with E-state index >= 15 is 0 Å². The zero-order chi connectivity index (χ0) is 8.36. The quantitative estimate of drug-likeness (QED) is 0.384. The minimum absolute atomic E-state index is 0.420. The van der Waals surface area contributed by atoms with Crippen LogP contribution in [0.15, 0.2) is 11.9 Å². The number of nitrogens with zero attached hydrogens (tertiary/aromatic N) is 1. The van der Waals surface area contributed by atoms with Crippen LogP contribution in [0.5, 0.6) is 0 Å². The van der Waals surface area contributed by atoms with Crippen molar-refractivity contribution in [3.63, 3.8) is 0 Å². The third kappa shape index (κ3) is 3.09. The lowest BCUT2D eigenvalue weighted by molar-refractivity contribution is -0.832. The highest BCUT2D eigenvalue weighted by Gasteiger charge is 2.11. The molecule has 0 aromatic carbocycles.